The van der Waals surface area contributed by atoms with Gasteiger partial charge in [0.1, 0.15) is 5.69 Å². The van der Waals surface area contributed by atoms with Crippen LogP contribution in [0.4, 0.5) is 5.69 Å². The molecule has 0 atom stereocenters. The SMILES string of the molecule is CN(C(=O)c1cccc(NC(=O)c2cc(C3CC3)nn2C)c1)C1CCCCC1. The molecule has 2 aromatic rings. The monoisotopic (exact) mass is 380 g/mol. The molecule has 0 spiro atoms. The highest BCUT2D eigenvalue weighted by Crippen LogP contribution is 2.39. The molecule has 28 heavy (non-hydrogen) atoms. The molecule has 6 heteroatoms. The van der Waals surface area contributed by atoms with Crippen molar-refractivity contribution in [1.29, 1.82) is 0 Å². The van der Waals surface area contributed by atoms with Gasteiger partial charge in [0.15, 0.2) is 0 Å². The molecular weight excluding hydrogens is 352 g/mol. The number of carbonyl (C=O) groups excluding carboxylic acids is 2. The number of nitrogens with one attached hydrogen (secondary N) is 1. The molecule has 6 nitrogen and oxygen atoms in total. The Kier molecular flexibility index (Phi) is 5.20. The van der Waals surface area contributed by atoms with Gasteiger partial charge in [-0.05, 0) is 49.9 Å². The van der Waals surface area contributed by atoms with Crippen LogP contribution in [0.15, 0.2) is 30.3 Å². The van der Waals surface area contributed by atoms with Crippen molar-refractivity contribution in [3.63, 3.8) is 0 Å². The lowest BCUT2D eigenvalue weighted by atomic mass is 9.94. The van der Waals surface area contributed by atoms with E-state index in [2.05, 4.69) is 10.4 Å². The van der Waals surface area contributed by atoms with Crippen molar-refractivity contribution in [3.05, 3.63) is 47.3 Å². The Morgan fingerprint density at radius 2 is 1.86 bits per heavy atom. The van der Waals surface area contributed by atoms with Gasteiger partial charge in [-0.25, -0.2) is 0 Å². The van der Waals surface area contributed by atoms with Gasteiger partial charge in [-0.1, -0.05) is 25.3 Å². The lowest BCUT2D eigenvalue weighted by Gasteiger charge is -2.31. The van der Waals surface area contributed by atoms with Crippen LogP contribution in [-0.2, 0) is 7.05 Å². The minimum absolute atomic E-state index is 0.0135. The van der Waals surface area contributed by atoms with Gasteiger partial charge in [0.2, 0.25) is 0 Å². The molecule has 0 bridgehead atoms. The Morgan fingerprint density at radius 1 is 1.11 bits per heavy atom. The van der Waals surface area contributed by atoms with Crippen LogP contribution < -0.4 is 5.32 Å². The molecule has 1 N–H and O–H groups in total. The first-order valence-electron chi connectivity index (χ1n) is 10.3. The third-order valence-electron chi connectivity index (χ3n) is 5.94. The van der Waals surface area contributed by atoms with Crippen molar-refractivity contribution in [3.8, 4) is 0 Å². The predicted octanol–water partition coefficient (Wildman–Crippen LogP) is 3.95. The summed E-state index contributed by atoms with van der Waals surface area (Å²) in [5.74, 6) is 0.315. The summed E-state index contributed by atoms with van der Waals surface area (Å²) in [4.78, 5) is 27.4. The smallest absolute Gasteiger partial charge is 0.273 e. The second-order valence-electron chi connectivity index (χ2n) is 8.10. The fraction of sp³-hybridized carbons (Fsp3) is 0.500. The Bertz CT molecular complexity index is 878. The number of hydrogen-bond acceptors (Lipinski definition) is 3. The zero-order chi connectivity index (χ0) is 19.7. The molecule has 0 unspecified atom stereocenters. The fourth-order valence-corrected chi connectivity index (χ4v) is 4.04. The zero-order valence-corrected chi connectivity index (χ0v) is 16.6. The van der Waals surface area contributed by atoms with Crippen LogP contribution in [0.25, 0.3) is 0 Å². The van der Waals surface area contributed by atoms with Gasteiger partial charge in [-0.15, -0.1) is 0 Å². The van der Waals surface area contributed by atoms with Gasteiger partial charge in [0.05, 0.1) is 5.69 Å². The second kappa shape index (κ2) is 7.78. The molecule has 1 aromatic heterocycles. The van der Waals surface area contributed by atoms with E-state index in [9.17, 15) is 9.59 Å². The van der Waals surface area contributed by atoms with E-state index >= 15 is 0 Å². The molecule has 0 saturated heterocycles. The van der Waals surface area contributed by atoms with Crippen LogP contribution in [0.5, 0.6) is 0 Å². The molecular formula is C22H28N4O2. The molecule has 4 rings (SSSR count). The first-order chi connectivity index (χ1) is 13.5. The van der Waals surface area contributed by atoms with Crippen LogP contribution >= 0.6 is 0 Å². The zero-order valence-electron chi connectivity index (χ0n) is 16.6. The van der Waals surface area contributed by atoms with E-state index in [0.717, 1.165) is 31.4 Å². The van der Waals surface area contributed by atoms with Crippen LogP contribution in [0.3, 0.4) is 0 Å². The number of rotatable bonds is 5. The summed E-state index contributed by atoms with van der Waals surface area (Å²) in [5.41, 5.74) is 2.76. The number of aromatic nitrogens is 2. The van der Waals surface area contributed by atoms with Crippen molar-refractivity contribution in [2.24, 2.45) is 7.05 Å². The summed E-state index contributed by atoms with van der Waals surface area (Å²) in [6, 6.07) is 9.39. The highest BCUT2D eigenvalue weighted by atomic mass is 16.2. The Hall–Kier alpha value is -2.63. The van der Waals surface area contributed by atoms with Crippen LogP contribution in [0, 0.1) is 0 Å². The lowest BCUT2D eigenvalue weighted by molar-refractivity contribution is 0.0696. The summed E-state index contributed by atoms with van der Waals surface area (Å²) < 4.78 is 1.63. The number of hydrogen-bond donors (Lipinski definition) is 1. The van der Waals surface area contributed by atoms with E-state index in [4.69, 9.17) is 0 Å². The Labute approximate surface area is 165 Å². The van der Waals surface area contributed by atoms with E-state index in [1.807, 2.05) is 36.2 Å². The van der Waals surface area contributed by atoms with E-state index < -0.39 is 0 Å². The third-order valence-corrected chi connectivity index (χ3v) is 5.94. The fourth-order valence-electron chi connectivity index (χ4n) is 4.04. The molecule has 2 amide bonds. The van der Waals surface area contributed by atoms with Gasteiger partial charge in [-0.3, -0.25) is 14.3 Å². The molecule has 148 valence electrons. The maximum Gasteiger partial charge on any atom is 0.273 e. The number of nitrogens with zero attached hydrogens (tertiary/aromatic N) is 3. The summed E-state index contributed by atoms with van der Waals surface area (Å²) in [6.45, 7) is 0. The maximum absolute atomic E-state index is 12.9. The van der Waals surface area contributed by atoms with E-state index in [-0.39, 0.29) is 11.8 Å². The minimum Gasteiger partial charge on any atom is -0.339 e. The summed E-state index contributed by atoms with van der Waals surface area (Å²) in [5, 5.41) is 7.37. The van der Waals surface area contributed by atoms with Gasteiger partial charge in [-0.2, -0.15) is 5.10 Å². The molecule has 2 aliphatic rings. The molecule has 0 radical (unpaired) electrons. The number of carbonyl (C=O) groups is 2. The van der Waals surface area contributed by atoms with Crippen LogP contribution in [0.1, 0.15) is 77.4 Å². The first-order valence-corrected chi connectivity index (χ1v) is 10.3. The van der Waals surface area contributed by atoms with Crippen LogP contribution in [0.2, 0.25) is 0 Å². The lowest BCUT2D eigenvalue weighted by Crippen LogP contribution is -2.38. The maximum atomic E-state index is 12.9. The largest absolute Gasteiger partial charge is 0.339 e. The topological polar surface area (TPSA) is 67.2 Å². The third kappa shape index (κ3) is 3.96. The van der Waals surface area contributed by atoms with E-state index in [1.54, 1.807) is 17.8 Å². The second-order valence-corrected chi connectivity index (χ2v) is 8.10. The Balaban J connectivity index is 1.45. The number of benzene rings is 1. The number of anilines is 1. The number of amides is 2. The predicted molar refractivity (Wildman–Crippen MR) is 109 cm³/mol. The Morgan fingerprint density at radius 3 is 2.57 bits per heavy atom. The summed E-state index contributed by atoms with van der Waals surface area (Å²) in [6.07, 6.45) is 8.08. The number of aryl methyl sites for hydroxylation is 1. The molecule has 1 heterocycles. The summed E-state index contributed by atoms with van der Waals surface area (Å²) in [7, 11) is 3.68. The quantitative estimate of drug-likeness (QED) is 0.854. The van der Waals surface area contributed by atoms with E-state index in [0.29, 0.717) is 28.9 Å². The standard InChI is InChI=1S/C22H28N4O2/c1-25(18-9-4-3-5-10-18)22(28)16-7-6-8-17(13-16)23-21(27)20-14-19(15-11-12-15)24-26(20)2/h6-8,13-15,18H,3-5,9-12H2,1-2H3,(H,23,27). The van der Waals surface area contributed by atoms with Crippen molar-refractivity contribution in [2.75, 3.05) is 12.4 Å². The molecule has 1 aromatic carbocycles. The highest BCUT2D eigenvalue weighted by molar-refractivity contribution is 6.04. The highest BCUT2D eigenvalue weighted by Gasteiger charge is 2.28. The normalized spacial score (nSPS) is 17.4. The summed E-state index contributed by atoms with van der Waals surface area (Å²) >= 11 is 0. The van der Waals surface area contributed by atoms with Gasteiger partial charge < -0.3 is 10.2 Å². The molecule has 0 aliphatic heterocycles. The van der Waals surface area contributed by atoms with Gasteiger partial charge in [0, 0.05) is 37.3 Å². The van der Waals surface area contributed by atoms with Crippen molar-refractivity contribution >= 4 is 17.5 Å². The average Bonchev–Trinajstić information content (AvgIpc) is 3.49. The minimum atomic E-state index is -0.202. The van der Waals surface area contributed by atoms with Crippen molar-refractivity contribution in [2.45, 2.75) is 56.9 Å². The average molecular weight is 380 g/mol. The van der Waals surface area contributed by atoms with E-state index in [1.165, 1.54) is 19.3 Å². The van der Waals surface area contributed by atoms with Gasteiger partial charge >= 0.3 is 0 Å². The van der Waals surface area contributed by atoms with Gasteiger partial charge in [0.25, 0.3) is 11.8 Å². The molecule has 2 aliphatic carbocycles. The van der Waals surface area contributed by atoms with Crippen LogP contribution in [-0.4, -0.2) is 39.6 Å². The van der Waals surface area contributed by atoms with Crippen molar-refractivity contribution in [1.82, 2.24) is 14.7 Å². The van der Waals surface area contributed by atoms with Crippen molar-refractivity contribution < 1.29 is 9.59 Å². The molecule has 2 fully saturated rings. The first kappa shape index (κ1) is 18.7. The molecule has 2 saturated carbocycles.